The zero-order valence-electron chi connectivity index (χ0n) is 12.6. The first-order valence-electron chi connectivity index (χ1n) is 7.42. The molecule has 21 heavy (non-hydrogen) atoms. The molecule has 0 spiro atoms. The van der Waals surface area contributed by atoms with Crippen molar-refractivity contribution in [3.8, 4) is 0 Å². The summed E-state index contributed by atoms with van der Waals surface area (Å²) in [5, 5.41) is 12.4. The summed E-state index contributed by atoms with van der Waals surface area (Å²) in [6, 6.07) is 0.114. The van der Waals surface area contributed by atoms with Crippen LogP contribution in [-0.2, 0) is 4.79 Å². The van der Waals surface area contributed by atoms with Crippen LogP contribution in [0.1, 0.15) is 33.1 Å². The van der Waals surface area contributed by atoms with Gasteiger partial charge < -0.3 is 10.4 Å². The normalized spacial score (nSPS) is 19.9. The van der Waals surface area contributed by atoms with Crippen LogP contribution in [0.4, 0.5) is 13.2 Å². The molecule has 1 fully saturated rings. The highest BCUT2D eigenvalue weighted by atomic mass is 19.4. The molecule has 124 valence electrons. The maximum atomic E-state index is 12.3. The van der Waals surface area contributed by atoms with E-state index in [1.165, 1.54) is 4.90 Å². The van der Waals surface area contributed by atoms with E-state index < -0.39 is 24.6 Å². The first kappa shape index (κ1) is 18.2. The Morgan fingerprint density at radius 2 is 1.90 bits per heavy atom. The second-order valence-corrected chi connectivity index (χ2v) is 6.24. The Morgan fingerprint density at radius 1 is 1.33 bits per heavy atom. The number of halogens is 3. The van der Waals surface area contributed by atoms with Gasteiger partial charge in [-0.2, -0.15) is 13.2 Å². The molecule has 7 heteroatoms. The van der Waals surface area contributed by atoms with Crippen LogP contribution in [0.2, 0.25) is 0 Å². The van der Waals surface area contributed by atoms with Crippen molar-refractivity contribution in [2.45, 2.75) is 45.3 Å². The van der Waals surface area contributed by atoms with Gasteiger partial charge >= 0.3 is 12.1 Å². The molecule has 1 rings (SSSR count). The highest BCUT2D eigenvalue weighted by Gasteiger charge is 2.32. The van der Waals surface area contributed by atoms with Gasteiger partial charge in [0, 0.05) is 12.6 Å². The lowest BCUT2D eigenvalue weighted by Crippen LogP contribution is -2.47. The molecule has 1 atom stereocenters. The summed E-state index contributed by atoms with van der Waals surface area (Å²) >= 11 is 0. The largest absolute Gasteiger partial charge is 0.481 e. The summed E-state index contributed by atoms with van der Waals surface area (Å²) in [5.74, 6) is -0.939. The molecule has 0 bridgehead atoms. The molecule has 1 aliphatic heterocycles. The third-order valence-corrected chi connectivity index (χ3v) is 3.75. The molecule has 2 N–H and O–H groups in total. The molecule has 1 saturated heterocycles. The second kappa shape index (κ2) is 7.98. The van der Waals surface area contributed by atoms with E-state index in [0.29, 0.717) is 44.8 Å². The summed E-state index contributed by atoms with van der Waals surface area (Å²) < 4.78 is 36.8. The van der Waals surface area contributed by atoms with Crippen LogP contribution in [0.25, 0.3) is 0 Å². The number of carboxylic acids is 1. The molecule has 1 aliphatic rings. The molecule has 0 amide bonds. The molecule has 0 aromatic carbocycles. The standard InChI is InChI=1S/C14H25F3N2O2/c1-10(2)7-11(13(20)21)8-18-12-3-5-19(6-4-12)9-14(15,16)17/h10-12,18H,3-9H2,1-2H3,(H,20,21). The average Bonchev–Trinajstić information content (AvgIpc) is 2.33. The number of hydrogen-bond donors (Lipinski definition) is 2. The van der Waals surface area contributed by atoms with E-state index in [1.54, 1.807) is 0 Å². The Balaban J connectivity index is 2.30. The highest BCUT2D eigenvalue weighted by Crippen LogP contribution is 2.20. The number of carbonyl (C=O) groups is 1. The zero-order valence-corrected chi connectivity index (χ0v) is 12.6. The average molecular weight is 310 g/mol. The summed E-state index contributed by atoms with van der Waals surface area (Å²) in [7, 11) is 0. The van der Waals surface area contributed by atoms with Gasteiger partial charge in [0.25, 0.3) is 0 Å². The number of likely N-dealkylation sites (tertiary alicyclic amines) is 1. The molecule has 0 aromatic rings. The fraction of sp³-hybridized carbons (Fsp3) is 0.929. The Bertz CT molecular complexity index is 327. The predicted molar refractivity (Wildman–Crippen MR) is 74.1 cm³/mol. The lowest BCUT2D eigenvalue weighted by atomic mass is 9.96. The minimum absolute atomic E-state index is 0.114. The second-order valence-electron chi connectivity index (χ2n) is 6.24. The number of aliphatic carboxylic acids is 1. The smallest absolute Gasteiger partial charge is 0.401 e. The highest BCUT2D eigenvalue weighted by molar-refractivity contribution is 5.70. The number of nitrogens with one attached hydrogen (secondary N) is 1. The van der Waals surface area contributed by atoms with Crippen LogP contribution in [0.15, 0.2) is 0 Å². The van der Waals surface area contributed by atoms with Crippen molar-refractivity contribution in [3.05, 3.63) is 0 Å². The predicted octanol–water partition coefficient (Wildman–Crippen LogP) is 2.35. The maximum Gasteiger partial charge on any atom is 0.401 e. The van der Waals surface area contributed by atoms with E-state index in [-0.39, 0.29) is 6.04 Å². The molecular formula is C14H25F3N2O2. The van der Waals surface area contributed by atoms with E-state index in [0.717, 1.165) is 0 Å². The Hall–Kier alpha value is -0.820. The Labute approximate surface area is 123 Å². The van der Waals surface area contributed by atoms with E-state index in [2.05, 4.69) is 5.32 Å². The summed E-state index contributed by atoms with van der Waals surface area (Å²) in [5.41, 5.74) is 0. The van der Waals surface area contributed by atoms with Gasteiger partial charge in [-0.1, -0.05) is 13.8 Å². The number of alkyl halides is 3. The lowest BCUT2D eigenvalue weighted by molar-refractivity contribution is -0.148. The van der Waals surface area contributed by atoms with Crippen LogP contribution in [0.3, 0.4) is 0 Å². The first-order chi connectivity index (χ1) is 9.67. The Morgan fingerprint density at radius 3 is 2.33 bits per heavy atom. The van der Waals surface area contributed by atoms with Crippen molar-refractivity contribution in [2.24, 2.45) is 11.8 Å². The fourth-order valence-electron chi connectivity index (χ4n) is 2.70. The SMILES string of the molecule is CC(C)CC(CNC1CCN(CC(F)(F)F)CC1)C(=O)O. The van der Waals surface area contributed by atoms with Crippen LogP contribution >= 0.6 is 0 Å². The quantitative estimate of drug-likeness (QED) is 0.758. The molecule has 1 heterocycles. The summed E-state index contributed by atoms with van der Waals surface area (Å²) in [4.78, 5) is 12.5. The van der Waals surface area contributed by atoms with Crippen molar-refractivity contribution in [1.82, 2.24) is 10.2 Å². The number of nitrogens with zero attached hydrogens (tertiary/aromatic N) is 1. The van der Waals surface area contributed by atoms with Crippen LogP contribution in [0.5, 0.6) is 0 Å². The molecule has 1 unspecified atom stereocenters. The van der Waals surface area contributed by atoms with E-state index in [9.17, 15) is 18.0 Å². The third-order valence-electron chi connectivity index (χ3n) is 3.75. The zero-order chi connectivity index (χ0) is 16.0. The van der Waals surface area contributed by atoms with Gasteiger partial charge in [-0.3, -0.25) is 9.69 Å². The molecule has 0 aliphatic carbocycles. The first-order valence-corrected chi connectivity index (χ1v) is 7.42. The van der Waals surface area contributed by atoms with E-state index in [4.69, 9.17) is 5.11 Å². The minimum Gasteiger partial charge on any atom is -0.481 e. The minimum atomic E-state index is -4.15. The molecule has 0 radical (unpaired) electrons. The van der Waals surface area contributed by atoms with Gasteiger partial charge in [-0.25, -0.2) is 0 Å². The van der Waals surface area contributed by atoms with E-state index in [1.807, 2.05) is 13.8 Å². The van der Waals surface area contributed by atoms with Gasteiger partial charge in [-0.15, -0.1) is 0 Å². The number of rotatable bonds is 7. The topological polar surface area (TPSA) is 52.6 Å². The lowest BCUT2D eigenvalue weighted by Gasteiger charge is -2.33. The Kier molecular flexibility index (Phi) is 6.93. The van der Waals surface area contributed by atoms with Gasteiger partial charge in [0.2, 0.25) is 0 Å². The van der Waals surface area contributed by atoms with Crippen molar-refractivity contribution >= 4 is 5.97 Å². The monoisotopic (exact) mass is 310 g/mol. The van der Waals surface area contributed by atoms with Gasteiger partial charge in [0.05, 0.1) is 12.5 Å². The maximum absolute atomic E-state index is 12.3. The fourth-order valence-corrected chi connectivity index (χ4v) is 2.70. The van der Waals surface area contributed by atoms with Crippen molar-refractivity contribution in [3.63, 3.8) is 0 Å². The van der Waals surface area contributed by atoms with Gasteiger partial charge in [0.1, 0.15) is 0 Å². The van der Waals surface area contributed by atoms with Gasteiger partial charge in [0.15, 0.2) is 0 Å². The van der Waals surface area contributed by atoms with Crippen molar-refractivity contribution in [2.75, 3.05) is 26.2 Å². The molecule has 0 aromatic heterocycles. The number of piperidine rings is 1. The molecule has 0 saturated carbocycles. The van der Waals surface area contributed by atoms with Crippen molar-refractivity contribution < 1.29 is 23.1 Å². The number of carboxylic acid groups (broad SMARTS) is 1. The van der Waals surface area contributed by atoms with Gasteiger partial charge in [-0.05, 0) is 38.3 Å². The van der Waals surface area contributed by atoms with Crippen LogP contribution in [0, 0.1) is 11.8 Å². The van der Waals surface area contributed by atoms with Crippen LogP contribution < -0.4 is 5.32 Å². The molecular weight excluding hydrogens is 285 g/mol. The third kappa shape index (κ3) is 7.66. The van der Waals surface area contributed by atoms with Crippen LogP contribution in [-0.4, -0.2) is 54.4 Å². The number of hydrogen-bond acceptors (Lipinski definition) is 3. The van der Waals surface area contributed by atoms with Crippen molar-refractivity contribution in [1.29, 1.82) is 0 Å². The summed E-state index contributed by atoms with van der Waals surface area (Å²) in [6.07, 6.45) is -2.28. The molecule has 4 nitrogen and oxygen atoms in total. The van der Waals surface area contributed by atoms with E-state index >= 15 is 0 Å². The summed E-state index contributed by atoms with van der Waals surface area (Å²) in [6.45, 7) is 4.29.